The zero-order chi connectivity index (χ0) is 18.8. The van der Waals surface area contributed by atoms with Crippen LogP contribution in [0, 0.1) is 10.1 Å². The maximum Gasteiger partial charge on any atom is 0.340 e. The Kier molecular flexibility index (Phi) is 4.92. The molecule has 0 aliphatic carbocycles. The number of hydrogen-bond acceptors (Lipinski definition) is 6. The molecular weight excluding hydrogens is 383 g/mol. The minimum atomic E-state index is -0.604. The molecule has 3 rings (SSSR count). The number of nitrogens with zero attached hydrogens (tertiary/aromatic N) is 2. The maximum absolute atomic E-state index is 11.8. The highest BCUT2D eigenvalue weighted by Gasteiger charge is 2.17. The highest BCUT2D eigenvalue weighted by molar-refractivity contribution is 6.37. The van der Waals surface area contributed by atoms with Gasteiger partial charge in [0.15, 0.2) is 5.75 Å². The molecule has 0 spiro atoms. The zero-order valence-electron chi connectivity index (χ0n) is 13.2. The van der Waals surface area contributed by atoms with Crippen LogP contribution in [0.15, 0.2) is 42.6 Å². The summed E-state index contributed by atoms with van der Waals surface area (Å²) in [5.41, 5.74) is 0.530. The van der Waals surface area contributed by atoms with Crippen molar-refractivity contribution in [3.8, 4) is 11.5 Å². The molecule has 26 heavy (non-hydrogen) atoms. The number of methoxy groups -OCH3 is 1. The van der Waals surface area contributed by atoms with Crippen molar-refractivity contribution >= 4 is 45.8 Å². The standard InChI is InChI=1S/C17H10Cl2N2O5/c1-25-17(22)12-4-2-3-9-5-11(8-20-15(9)12)26-16-13(18)6-10(21(23)24)7-14(16)19/h2-8H,1H3. The van der Waals surface area contributed by atoms with Crippen LogP contribution in [-0.4, -0.2) is 23.0 Å². The van der Waals surface area contributed by atoms with Gasteiger partial charge in [-0.2, -0.15) is 0 Å². The molecule has 0 N–H and O–H groups in total. The Balaban J connectivity index is 2.00. The number of non-ortho nitro benzene ring substituents is 1. The Hall–Kier alpha value is -2.90. The lowest BCUT2D eigenvalue weighted by Gasteiger charge is -2.10. The monoisotopic (exact) mass is 392 g/mol. The van der Waals surface area contributed by atoms with Gasteiger partial charge in [-0.05, 0) is 12.1 Å². The van der Waals surface area contributed by atoms with E-state index in [1.54, 1.807) is 24.3 Å². The number of fused-ring (bicyclic) bond motifs is 1. The first kappa shape index (κ1) is 17.9. The van der Waals surface area contributed by atoms with E-state index in [0.717, 1.165) is 12.1 Å². The molecule has 0 bridgehead atoms. The van der Waals surface area contributed by atoms with Crippen molar-refractivity contribution in [3.05, 3.63) is 68.3 Å². The minimum Gasteiger partial charge on any atom is -0.465 e. The maximum atomic E-state index is 11.8. The number of rotatable bonds is 4. The number of pyridine rings is 1. The van der Waals surface area contributed by atoms with E-state index in [1.807, 2.05) is 0 Å². The molecule has 0 unspecified atom stereocenters. The average molecular weight is 393 g/mol. The number of carbonyl (C=O) groups excluding carboxylic acids is 1. The summed E-state index contributed by atoms with van der Waals surface area (Å²) < 4.78 is 10.4. The predicted octanol–water partition coefficient (Wildman–Crippen LogP) is 5.03. The van der Waals surface area contributed by atoms with Crippen LogP contribution in [0.25, 0.3) is 10.9 Å². The van der Waals surface area contributed by atoms with Gasteiger partial charge >= 0.3 is 5.97 Å². The molecule has 0 fully saturated rings. The molecule has 0 atom stereocenters. The lowest BCUT2D eigenvalue weighted by Crippen LogP contribution is -2.02. The summed E-state index contributed by atoms with van der Waals surface area (Å²) >= 11 is 12.1. The van der Waals surface area contributed by atoms with Gasteiger partial charge < -0.3 is 9.47 Å². The van der Waals surface area contributed by atoms with E-state index in [-0.39, 0.29) is 21.5 Å². The van der Waals surface area contributed by atoms with Gasteiger partial charge in [-0.1, -0.05) is 35.3 Å². The normalized spacial score (nSPS) is 10.6. The van der Waals surface area contributed by atoms with E-state index >= 15 is 0 Å². The lowest BCUT2D eigenvalue weighted by atomic mass is 10.1. The van der Waals surface area contributed by atoms with Gasteiger partial charge in [0.2, 0.25) is 0 Å². The minimum absolute atomic E-state index is 0.00684. The van der Waals surface area contributed by atoms with Gasteiger partial charge in [-0.25, -0.2) is 4.79 Å². The van der Waals surface area contributed by atoms with Gasteiger partial charge in [0.25, 0.3) is 5.69 Å². The average Bonchev–Trinajstić information content (AvgIpc) is 2.63. The van der Waals surface area contributed by atoms with E-state index in [4.69, 9.17) is 32.7 Å². The van der Waals surface area contributed by atoms with Crippen LogP contribution in [0.3, 0.4) is 0 Å². The largest absolute Gasteiger partial charge is 0.465 e. The van der Waals surface area contributed by atoms with Crippen LogP contribution < -0.4 is 4.74 Å². The second-order valence-corrected chi connectivity index (χ2v) is 5.95. The fraction of sp³-hybridized carbons (Fsp3) is 0.0588. The number of nitro groups is 1. The number of hydrogen-bond donors (Lipinski definition) is 0. The van der Waals surface area contributed by atoms with Crippen LogP contribution in [-0.2, 0) is 4.74 Å². The van der Waals surface area contributed by atoms with Crippen molar-refractivity contribution in [3.63, 3.8) is 0 Å². The van der Waals surface area contributed by atoms with Crippen molar-refractivity contribution in [2.75, 3.05) is 7.11 Å². The van der Waals surface area contributed by atoms with Crippen molar-refractivity contribution in [2.24, 2.45) is 0 Å². The summed E-state index contributed by atoms with van der Waals surface area (Å²) in [5.74, 6) is -0.125. The Morgan fingerprint density at radius 3 is 2.50 bits per heavy atom. The Morgan fingerprint density at radius 2 is 1.88 bits per heavy atom. The van der Waals surface area contributed by atoms with E-state index in [2.05, 4.69) is 4.98 Å². The van der Waals surface area contributed by atoms with Crippen molar-refractivity contribution in [1.29, 1.82) is 0 Å². The molecule has 0 saturated carbocycles. The predicted molar refractivity (Wildman–Crippen MR) is 96.3 cm³/mol. The number of esters is 1. The second-order valence-electron chi connectivity index (χ2n) is 5.14. The SMILES string of the molecule is COC(=O)c1cccc2cc(Oc3c(Cl)cc([N+](=O)[O-])cc3Cl)cnc12. The fourth-order valence-corrected chi connectivity index (χ4v) is 2.89. The van der Waals surface area contributed by atoms with Crippen LogP contribution in [0.1, 0.15) is 10.4 Å². The smallest absolute Gasteiger partial charge is 0.340 e. The third-order valence-corrected chi connectivity index (χ3v) is 4.07. The van der Waals surface area contributed by atoms with E-state index in [0.29, 0.717) is 22.2 Å². The molecule has 132 valence electrons. The third-order valence-electron chi connectivity index (χ3n) is 3.50. The number of benzene rings is 2. The summed E-state index contributed by atoms with van der Waals surface area (Å²) in [6.07, 6.45) is 1.39. The quantitative estimate of drug-likeness (QED) is 0.351. The molecule has 1 aromatic heterocycles. The molecule has 9 heteroatoms. The van der Waals surface area contributed by atoms with Crippen LogP contribution in [0.2, 0.25) is 10.0 Å². The molecule has 3 aromatic rings. The van der Waals surface area contributed by atoms with Gasteiger partial charge in [-0.15, -0.1) is 0 Å². The molecule has 7 nitrogen and oxygen atoms in total. The fourth-order valence-electron chi connectivity index (χ4n) is 2.34. The first-order chi connectivity index (χ1) is 12.4. The van der Waals surface area contributed by atoms with Crippen LogP contribution in [0.5, 0.6) is 11.5 Å². The molecule has 0 saturated heterocycles. The first-order valence-electron chi connectivity index (χ1n) is 7.19. The summed E-state index contributed by atoms with van der Waals surface area (Å²) in [5, 5.41) is 11.5. The molecule has 0 aliphatic rings. The van der Waals surface area contributed by atoms with Gasteiger partial charge in [-0.3, -0.25) is 15.1 Å². The molecular formula is C17H10Cl2N2O5. The topological polar surface area (TPSA) is 91.6 Å². The van der Waals surface area contributed by atoms with Gasteiger partial charge in [0, 0.05) is 17.5 Å². The van der Waals surface area contributed by atoms with Crippen LogP contribution >= 0.6 is 23.2 Å². The van der Waals surface area contributed by atoms with Crippen molar-refractivity contribution < 1.29 is 19.2 Å². The number of nitro benzene ring substituents is 1. The van der Waals surface area contributed by atoms with E-state index < -0.39 is 10.9 Å². The van der Waals surface area contributed by atoms with Gasteiger partial charge in [0.05, 0.1) is 39.4 Å². The van der Waals surface area contributed by atoms with Crippen molar-refractivity contribution in [2.45, 2.75) is 0 Å². The Morgan fingerprint density at radius 1 is 1.19 bits per heavy atom. The lowest BCUT2D eigenvalue weighted by molar-refractivity contribution is -0.384. The molecule has 0 amide bonds. The highest BCUT2D eigenvalue weighted by atomic mass is 35.5. The second kappa shape index (κ2) is 7.15. The number of carbonyl (C=O) groups is 1. The van der Waals surface area contributed by atoms with Crippen molar-refractivity contribution in [1.82, 2.24) is 4.98 Å². The number of aromatic nitrogens is 1. The van der Waals surface area contributed by atoms with E-state index in [1.165, 1.54) is 13.3 Å². The number of para-hydroxylation sites is 1. The molecule has 1 heterocycles. The van der Waals surface area contributed by atoms with E-state index in [9.17, 15) is 14.9 Å². The highest BCUT2D eigenvalue weighted by Crippen LogP contribution is 2.39. The molecule has 2 aromatic carbocycles. The number of halogens is 2. The molecule has 0 radical (unpaired) electrons. The summed E-state index contributed by atoms with van der Waals surface area (Å²) in [6.45, 7) is 0. The van der Waals surface area contributed by atoms with Crippen LogP contribution in [0.4, 0.5) is 5.69 Å². The third kappa shape index (κ3) is 3.40. The summed E-state index contributed by atoms with van der Waals surface area (Å²) in [4.78, 5) is 26.3. The zero-order valence-corrected chi connectivity index (χ0v) is 14.7. The Bertz CT molecular complexity index is 1020. The summed E-state index contributed by atoms with van der Waals surface area (Å²) in [7, 11) is 1.29. The first-order valence-corrected chi connectivity index (χ1v) is 7.94. The Labute approximate surface area is 157 Å². The van der Waals surface area contributed by atoms with Gasteiger partial charge in [0.1, 0.15) is 5.75 Å². The number of ether oxygens (including phenoxy) is 2. The summed E-state index contributed by atoms with van der Waals surface area (Å²) in [6, 6.07) is 8.97. The molecule has 0 aliphatic heterocycles.